The van der Waals surface area contributed by atoms with Crippen LogP contribution in [0.4, 0.5) is 14.6 Å². The lowest BCUT2D eigenvalue weighted by Crippen LogP contribution is -2.38. The summed E-state index contributed by atoms with van der Waals surface area (Å²) in [4.78, 5) is 21.6. The number of benzene rings is 1. The number of rotatable bonds is 6. The molecule has 0 atom stereocenters. The molecule has 1 spiro atoms. The maximum absolute atomic E-state index is 12.7. The van der Waals surface area contributed by atoms with Crippen molar-refractivity contribution in [3.63, 3.8) is 0 Å². The number of anilines is 1. The van der Waals surface area contributed by atoms with Crippen LogP contribution in [-0.2, 0) is 11.8 Å². The average molecular weight is 494 g/mol. The average Bonchev–Trinajstić information content (AvgIpc) is 3.18. The summed E-state index contributed by atoms with van der Waals surface area (Å²) in [7, 11) is 1.98. The van der Waals surface area contributed by atoms with Crippen LogP contribution in [0.5, 0.6) is 5.75 Å². The highest BCUT2D eigenvalue weighted by Gasteiger charge is 2.36. The first-order valence-corrected chi connectivity index (χ1v) is 12.1. The molecule has 0 unspecified atom stereocenters. The van der Waals surface area contributed by atoms with E-state index in [1.54, 1.807) is 30.3 Å². The molecule has 2 aliphatic rings. The Bertz CT molecular complexity index is 1320. The Morgan fingerprint density at radius 2 is 1.89 bits per heavy atom. The summed E-state index contributed by atoms with van der Waals surface area (Å²) in [6.07, 6.45) is 13.2. The predicted octanol–water partition coefficient (Wildman–Crippen LogP) is 5.18. The second-order valence-corrected chi connectivity index (χ2v) is 9.59. The molecule has 2 aromatic heterocycles. The number of nitrogens with two attached hydrogens (primary N) is 1. The minimum Gasteiger partial charge on any atom is -0.435 e. The van der Waals surface area contributed by atoms with E-state index in [1.165, 1.54) is 11.9 Å². The number of hydrogen-bond acceptors (Lipinski definition) is 6. The van der Waals surface area contributed by atoms with Crippen LogP contribution < -0.4 is 10.5 Å². The van der Waals surface area contributed by atoms with Gasteiger partial charge in [-0.15, -0.1) is 0 Å². The number of fused-ring (bicyclic) bond motifs is 1. The molecule has 1 aliphatic heterocycles. The zero-order valence-electron chi connectivity index (χ0n) is 20.2. The van der Waals surface area contributed by atoms with Crippen LogP contribution in [0, 0.1) is 5.41 Å². The van der Waals surface area contributed by atoms with Gasteiger partial charge in [0.1, 0.15) is 29.8 Å². The molecule has 1 fully saturated rings. The topological polar surface area (TPSA) is 86.3 Å². The zero-order valence-corrected chi connectivity index (χ0v) is 20.2. The lowest BCUT2D eigenvalue weighted by Gasteiger charge is -2.43. The van der Waals surface area contributed by atoms with E-state index in [4.69, 9.17) is 5.73 Å². The van der Waals surface area contributed by atoms with E-state index in [9.17, 15) is 13.6 Å². The first-order chi connectivity index (χ1) is 17.4. The third-order valence-electron chi connectivity index (χ3n) is 7.61. The first kappa shape index (κ1) is 24.0. The van der Waals surface area contributed by atoms with Crippen molar-refractivity contribution in [1.29, 1.82) is 0 Å². The third-order valence-corrected chi connectivity index (χ3v) is 7.61. The first-order valence-electron chi connectivity index (χ1n) is 12.1. The summed E-state index contributed by atoms with van der Waals surface area (Å²) in [5, 5.41) is 0.758. The second kappa shape index (κ2) is 9.72. The van der Waals surface area contributed by atoms with Crippen molar-refractivity contribution in [2.24, 2.45) is 12.5 Å². The van der Waals surface area contributed by atoms with E-state index >= 15 is 0 Å². The summed E-state index contributed by atoms with van der Waals surface area (Å²) in [5.74, 6) is 0.487. The number of halogens is 2. The molecule has 7 nitrogen and oxygen atoms in total. The van der Waals surface area contributed by atoms with E-state index in [1.807, 2.05) is 13.2 Å². The summed E-state index contributed by atoms with van der Waals surface area (Å²) < 4.78 is 31.9. The fourth-order valence-corrected chi connectivity index (χ4v) is 5.65. The Labute approximate surface area is 208 Å². The molecule has 1 saturated heterocycles. The van der Waals surface area contributed by atoms with Gasteiger partial charge in [-0.25, -0.2) is 9.97 Å². The maximum atomic E-state index is 12.7. The quantitative estimate of drug-likeness (QED) is 0.376. The van der Waals surface area contributed by atoms with Gasteiger partial charge in [0, 0.05) is 31.9 Å². The Balaban J connectivity index is 1.50. The molecule has 0 bridgehead atoms. The number of piperidine rings is 1. The number of alkyl halides is 2. The van der Waals surface area contributed by atoms with Crippen LogP contribution in [0.15, 0.2) is 48.9 Å². The monoisotopic (exact) mass is 493 g/mol. The standard InChI is InChI=1S/C27H29F2N5O2/c1-33-23(19-7-9-27(10-8-19)11-14-34(15-12-27)13-2-16-35)21(22-24(30)31-17-32-25(22)33)18-3-5-20(6-4-18)36-26(28)29/h2-7,13,16-17,26H,8-12,14-15H2,1H3,(H2,30,31,32). The number of carbonyl (C=O) groups is 1. The van der Waals surface area contributed by atoms with Crippen molar-refractivity contribution in [2.45, 2.75) is 38.7 Å². The Morgan fingerprint density at radius 3 is 2.53 bits per heavy atom. The molecule has 3 aromatic rings. The van der Waals surface area contributed by atoms with Crippen LogP contribution in [-0.4, -0.2) is 45.4 Å². The number of nitrogens with zero attached hydrogens (tertiary/aromatic N) is 4. The van der Waals surface area contributed by atoms with Crippen LogP contribution in [0.3, 0.4) is 0 Å². The number of ether oxygens (including phenoxy) is 1. The Kier molecular flexibility index (Phi) is 6.47. The summed E-state index contributed by atoms with van der Waals surface area (Å²) in [6.45, 7) is -0.974. The molecule has 9 heteroatoms. The minimum atomic E-state index is -2.87. The number of hydrogen-bond donors (Lipinski definition) is 1. The number of likely N-dealkylation sites (tertiary alicyclic amines) is 1. The number of carbonyl (C=O) groups excluding carboxylic acids is 1. The Hall–Kier alpha value is -3.75. The molecule has 188 valence electrons. The fraction of sp³-hybridized carbons (Fsp3) is 0.370. The predicted molar refractivity (Wildman–Crippen MR) is 135 cm³/mol. The minimum absolute atomic E-state index is 0.105. The molecular formula is C27H29F2N5O2. The molecule has 36 heavy (non-hydrogen) atoms. The van der Waals surface area contributed by atoms with Crippen LogP contribution in [0.25, 0.3) is 27.7 Å². The van der Waals surface area contributed by atoms with Crippen LogP contribution in [0.1, 0.15) is 37.8 Å². The normalized spacial score (nSPS) is 17.8. The third kappa shape index (κ3) is 4.45. The second-order valence-electron chi connectivity index (χ2n) is 9.59. The lowest BCUT2D eigenvalue weighted by molar-refractivity contribution is -0.104. The van der Waals surface area contributed by atoms with Crippen LogP contribution >= 0.6 is 0 Å². The molecule has 3 heterocycles. The fourth-order valence-electron chi connectivity index (χ4n) is 5.65. The summed E-state index contributed by atoms with van der Waals surface area (Å²) in [6, 6.07) is 6.63. The van der Waals surface area contributed by atoms with Crippen LogP contribution in [0.2, 0.25) is 0 Å². The van der Waals surface area contributed by atoms with E-state index < -0.39 is 6.61 Å². The van der Waals surface area contributed by atoms with E-state index in [0.717, 1.165) is 79.3 Å². The molecule has 1 aromatic carbocycles. The molecule has 1 aliphatic carbocycles. The number of nitrogen functional groups attached to an aromatic ring is 1. The number of aromatic nitrogens is 3. The van der Waals surface area contributed by atoms with E-state index in [0.29, 0.717) is 5.82 Å². The Morgan fingerprint density at radius 1 is 1.14 bits per heavy atom. The van der Waals surface area contributed by atoms with Crippen molar-refractivity contribution >= 4 is 28.7 Å². The van der Waals surface area contributed by atoms with Crippen molar-refractivity contribution < 1.29 is 18.3 Å². The largest absolute Gasteiger partial charge is 0.435 e. The molecule has 0 saturated carbocycles. The van der Waals surface area contributed by atoms with Gasteiger partial charge in [-0.05, 0) is 66.9 Å². The van der Waals surface area contributed by atoms with E-state index in [-0.39, 0.29) is 11.2 Å². The molecule has 2 N–H and O–H groups in total. The SMILES string of the molecule is Cn1c(C2=CCC3(CC2)CCN(C=CC=O)CC3)c(-c2ccc(OC(F)F)cc2)c2c(N)ncnc21. The van der Waals surface area contributed by atoms with Crippen molar-refractivity contribution in [3.05, 3.63) is 54.6 Å². The molecule has 0 radical (unpaired) electrons. The van der Waals surface area contributed by atoms with Gasteiger partial charge in [-0.2, -0.15) is 8.78 Å². The summed E-state index contributed by atoms with van der Waals surface area (Å²) >= 11 is 0. The van der Waals surface area contributed by atoms with Gasteiger partial charge < -0.3 is 19.9 Å². The molecule has 0 amide bonds. The van der Waals surface area contributed by atoms with Gasteiger partial charge in [-0.3, -0.25) is 4.79 Å². The highest BCUT2D eigenvalue weighted by atomic mass is 19.3. The molecule has 5 rings (SSSR count). The van der Waals surface area contributed by atoms with Gasteiger partial charge >= 0.3 is 6.61 Å². The van der Waals surface area contributed by atoms with Crippen molar-refractivity contribution in [1.82, 2.24) is 19.4 Å². The van der Waals surface area contributed by atoms with E-state index in [2.05, 4.69) is 30.2 Å². The maximum Gasteiger partial charge on any atom is 0.387 e. The highest BCUT2D eigenvalue weighted by Crippen LogP contribution is 2.48. The van der Waals surface area contributed by atoms with Crippen molar-refractivity contribution in [3.8, 4) is 16.9 Å². The molecular weight excluding hydrogens is 464 g/mol. The number of aldehydes is 1. The number of aryl methyl sites for hydroxylation is 1. The van der Waals surface area contributed by atoms with Gasteiger partial charge in [0.15, 0.2) is 0 Å². The zero-order chi connectivity index (χ0) is 25.3. The van der Waals surface area contributed by atoms with Gasteiger partial charge in [0.05, 0.1) is 11.1 Å². The lowest BCUT2D eigenvalue weighted by atomic mass is 9.68. The van der Waals surface area contributed by atoms with Gasteiger partial charge in [0.2, 0.25) is 0 Å². The smallest absolute Gasteiger partial charge is 0.387 e. The van der Waals surface area contributed by atoms with Gasteiger partial charge in [-0.1, -0.05) is 18.2 Å². The number of allylic oxidation sites excluding steroid dienone is 3. The highest BCUT2D eigenvalue weighted by molar-refractivity contribution is 6.05. The van der Waals surface area contributed by atoms with Crippen molar-refractivity contribution in [2.75, 3.05) is 18.8 Å². The van der Waals surface area contributed by atoms with Gasteiger partial charge in [0.25, 0.3) is 0 Å². The summed E-state index contributed by atoms with van der Waals surface area (Å²) in [5.41, 5.74) is 11.3.